The van der Waals surface area contributed by atoms with Gasteiger partial charge in [-0.1, -0.05) is 71.7 Å². The molecule has 0 aliphatic heterocycles. The summed E-state index contributed by atoms with van der Waals surface area (Å²) in [5.74, 6) is -0.142. The Bertz CT molecular complexity index is 1760. The maximum absolute atomic E-state index is 13.1. The van der Waals surface area contributed by atoms with Crippen molar-refractivity contribution in [3.05, 3.63) is 141 Å². The molecular weight excluding hydrogens is 699 g/mol. The molecule has 4 aromatic rings. The SMILES string of the molecule is O=C(/C=C/C(=O)OC(CNCC1CCc2ccc(O)cc2C1)c1ccccc1Cl)OC(CNCC1CCc2ccc(O)cc2C1)c1ccccc1Cl. The molecule has 0 aromatic heterocycles. The van der Waals surface area contributed by atoms with Crippen LogP contribution in [0.5, 0.6) is 11.5 Å². The van der Waals surface area contributed by atoms with Crippen LogP contribution in [0.2, 0.25) is 10.0 Å². The highest BCUT2D eigenvalue weighted by Crippen LogP contribution is 2.31. The molecule has 0 fully saturated rings. The zero-order valence-electron chi connectivity index (χ0n) is 28.9. The van der Waals surface area contributed by atoms with E-state index in [1.165, 1.54) is 11.1 Å². The van der Waals surface area contributed by atoms with Crippen molar-refractivity contribution in [3.63, 3.8) is 0 Å². The van der Waals surface area contributed by atoms with Crippen molar-refractivity contribution in [3.8, 4) is 11.5 Å². The third-order valence-electron chi connectivity index (χ3n) is 9.94. The Kier molecular flexibility index (Phi) is 12.9. The number of esters is 2. The highest BCUT2D eigenvalue weighted by molar-refractivity contribution is 6.31. The van der Waals surface area contributed by atoms with Crippen LogP contribution < -0.4 is 10.6 Å². The van der Waals surface area contributed by atoms with Crippen molar-refractivity contribution in [2.24, 2.45) is 11.8 Å². The summed E-state index contributed by atoms with van der Waals surface area (Å²) in [5, 5.41) is 27.7. The van der Waals surface area contributed by atoms with Crippen LogP contribution in [0, 0.1) is 11.8 Å². The normalized spacial score (nSPS) is 17.9. The highest BCUT2D eigenvalue weighted by Gasteiger charge is 2.24. The zero-order valence-corrected chi connectivity index (χ0v) is 30.4. The average molecular weight is 744 g/mol. The number of nitrogens with one attached hydrogen (secondary N) is 2. The molecule has 4 aromatic carbocycles. The molecule has 4 N–H and O–H groups in total. The molecule has 2 aliphatic rings. The number of carbonyl (C=O) groups excluding carboxylic acids is 2. The topological polar surface area (TPSA) is 117 Å². The number of benzene rings is 4. The minimum absolute atomic E-state index is 0.274. The summed E-state index contributed by atoms with van der Waals surface area (Å²) in [6.45, 7) is 2.05. The molecule has 52 heavy (non-hydrogen) atoms. The molecule has 6 rings (SSSR count). The second kappa shape index (κ2) is 17.9. The number of aromatic hydroxyl groups is 2. The molecule has 0 heterocycles. The fraction of sp³-hybridized carbons (Fsp3) is 0.333. The van der Waals surface area contributed by atoms with Gasteiger partial charge in [0.1, 0.15) is 23.7 Å². The van der Waals surface area contributed by atoms with Crippen molar-refractivity contribution < 1.29 is 29.3 Å². The largest absolute Gasteiger partial charge is 0.508 e. The Morgan fingerprint density at radius 1 is 0.654 bits per heavy atom. The van der Waals surface area contributed by atoms with E-state index < -0.39 is 24.1 Å². The lowest BCUT2D eigenvalue weighted by Gasteiger charge is -2.26. The third-order valence-corrected chi connectivity index (χ3v) is 10.6. The van der Waals surface area contributed by atoms with Gasteiger partial charge in [-0.2, -0.15) is 0 Å². The zero-order chi connectivity index (χ0) is 36.5. The summed E-state index contributed by atoms with van der Waals surface area (Å²) in [6, 6.07) is 25.5. The monoisotopic (exact) mass is 742 g/mol. The Morgan fingerprint density at radius 3 is 1.50 bits per heavy atom. The van der Waals surface area contributed by atoms with Crippen molar-refractivity contribution in [1.82, 2.24) is 10.6 Å². The van der Waals surface area contributed by atoms with Crippen LogP contribution in [0.4, 0.5) is 0 Å². The Hall–Kier alpha value is -4.34. The van der Waals surface area contributed by atoms with Crippen molar-refractivity contribution >= 4 is 35.1 Å². The van der Waals surface area contributed by atoms with E-state index in [-0.39, 0.29) is 11.5 Å². The van der Waals surface area contributed by atoms with Gasteiger partial charge < -0.3 is 30.3 Å². The van der Waals surface area contributed by atoms with Gasteiger partial charge in [-0.05, 0) is 122 Å². The number of ether oxygens (including phenoxy) is 2. The van der Waals surface area contributed by atoms with E-state index in [0.29, 0.717) is 59.2 Å². The number of carbonyl (C=O) groups is 2. The number of hydrogen-bond donors (Lipinski definition) is 4. The van der Waals surface area contributed by atoms with Crippen LogP contribution in [-0.2, 0) is 44.7 Å². The number of hydrogen-bond acceptors (Lipinski definition) is 8. The van der Waals surface area contributed by atoms with E-state index >= 15 is 0 Å². The van der Waals surface area contributed by atoms with Gasteiger partial charge in [0.15, 0.2) is 0 Å². The van der Waals surface area contributed by atoms with Crippen molar-refractivity contribution in [1.29, 1.82) is 0 Å². The lowest BCUT2D eigenvalue weighted by molar-refractivity contribution is -0.146. The van der Waals surface area contributed by atoms with E-state index in [1.54, 1.807) is 24.3 Å². The highest BCUT2D eigenvalue weighted by atomic mass is 35.5. The first-order chi connectivity index (χ1) is 25.2. The first-order valence-electron chi connectivity index (χ1n) is 17.8. The number of phenolic OH excluding ortho intramolecular Hbond substituents is 2. The first-order valence-corrected chi connectivity index (χ1v) is 18.6. The van der Waals surface area contributed by atoms with Crippen LogP contribution in [0.3, 0.4) is 0 Å². The van der Waals surface area contributed by atoms with E-state index in [0.717, 1.165) is 61.8 Å². The molecule has 0 radical (unpaired) electrons. The molecule has 0 spiro atoms. The maximum atomic E-state index is 13.1. The Labute approximate surface area is 314 Å². The predicted octanol–water partition coefficient (Wildman–Crippen LogP) is 7.62. The smallest absolute Gasteiger partial charge is 0.331 e. The van der Waals surface area contributed by atoms with Gasteiger partial charge in [-0.3, -0.25) is 0 Å². The summed E-state index contributed by atoms with van der Waals surface area (Å²) >= 11 is 13.0. The Morgan fingerprint density at radius 2 is 1.08 bits per heavy atom. The van der Waals surface area contributed by atoms with Crippen molar-refractivity contribution in [2.75, 3.05) is 26.2 Å². The minimum atomic E-state index is -0.707. The molecule has 10 heteroatoms. The fourth-order valence-electron chi connectivity index (χ4n) is 7.22. The molecule has 4 atom stereocenters. The summed E-state index contributed by atoms with van der Waals surface area (Å²) in [5.41, 5.74) is 6.17. The number of fused-ring (bicyclic) bond motifs is 2. The van der Waals surface area contributed by atoms with Crippen LogP contribution in [0.15, 0.2) is 97.1 Å². The fourth-order valence-corrected chi connectivity index (χ4v) is 7.74. The lowest BCUT2D eigenvalue weighted by Crippen LogP contribution is -2.32. The van der Waals surface area contributed by atoms with Gasteiger partial charge >= 0.3 is 11.9 Å². The van der Waals surface area contributed by atoms with Gasteiger partial charge in [-0.15, -0.1) is 0 Å². The van der Waals surface area contributed by atoms with E-state index in [9.17, 15) is 19.8 Å². The molecule has 0 bridgehead atoms. The van der Waals surface area contributed by atoms with Gasteiger partial charge in [0.05, 0.1) is 0 Å². The molecule has 0 saturated carbocycles. The quantitative estimate of drug-likeness (QED) is 0.0771. The van der Waals surface area contributed by atoms with Gasteiger partial charge in [-0.25, -0.2) is 9.59 Å². The van der Waals surface area contributed by atoms with Gasteiger partial charge in [0.2, 0.25) is 0 Å². The Balaban J connectivity index is 1.04. The lowest BCUT2D eigenvalue weighted by atomic mass is 9.84. The minimum Gasteiger partial charge on any atom is -0.508 e. The maximum Gasteiger partial charge on any atom is 0.331 e. The molecular formula is C42H44Cl2N2O6. The molecule has 0 amide bonds. The standard InChI is InChI=1S/C42H44Cl2N2O6/c43-37-7-3-1-5-35(37)39(25-45-23-27-9-11-29-13-15-33(47)21-31(29)19-27)51-41(49)17-18-42(50)52-40(36-6-2-4-8-38(36)44)26-46-24-28-10-12-30-14-16-34(48)22-32(30)20-28/h1-8,13-18,21-22,27-28,39-40,45-48H,9-12,19-20,23-26H2/b18-17+. The van der Waals surface area contributed by atoms with Crippen molar-refractivity contribution in [2.45, 2.75) is 50.7 Å². The molecule has 2 aliphatic carbocycles. The van der Waals surface area contributed by atoms with Gasteiger partial charge in [0.25, 0.3) is 0 Å². The predicted molar refractivity (Wildman–Crippen MR) is 203 cm³/mol. The first kappa shape index (κ1) is 37.4. The number of aryl methyl sites for hydroxylation is 2. The van der Waals surface area contributed by atoms with E-state index in [2.05, 4.69) is 10.6 Å². The number of rotatable bonds is 14. The summed E-state index contributed by atoms with van der Waals surface area (Å²) in [7, 11) is 0. The summed E-state index contributed by atoms with van der Waals surface area (Å²) in [4.78, 5) is 26.2. The molecule has 8 nitrogen and oxygen atoms in total. The van der Waals surface area contributed by atoms with Crippen LogP contribution >= 0.6 is 23.2 Å². The second-order valence-corrected chi connectivity index (χ2v) is 14.5. The second-order valence-electron chi connectivity index (χ2n) is 13.7. The van der Waals surface area contributed by atoms with Crippen LogP contribution in [-0.4, -0.2) is 48.3 Å². The number of phenols is 2. The molecule has 272 valence electrons. The summed E-state index contributed by atoms with van der Waals surface area (Å²) < 4.78 is 11.7. The van der Waals surface area contributed by atoms with E-state index in [1.807, 2.05) is 60.7 Å². The molecule has 4 unspecified atom stereocenters. The van der Waals surface area contributed by atoms with Crippen LogP contribution in [0.1, 0.15) is 58.4 Å². The third kappa shape index (κ3) is 10.2. The number of halogens is 2. The summed E-state index contributed by atoms with van der Waals surface area (Å²) in [6.07, 6.45) is 6.37. The molecule has 0 saturated heterocycles. The van der Waals surface area contributed by atoms with Gasteiger partial charge in [0, 0.05) is 46.4 Å². The average Bonchev–Trinajstić information content (AvgIpc) is 3.13. The van der Waals surface area contributed by atoms with Crippen LogP contribution in [0.25, 0.3) is 0 Å². The van der Waals surface area contributed by atoms with E-state index in [4.69, 9.17) is 32.7 Å².